The lowest BCUT2D eigenvalue weighted by atomic mass is 10.1. The van der Waals surface area contributed by atoms with Gasteiger partial charge in [-0.2, -0.15) is 8.42 Å². The van der Waals surface area contributed by atoms with Crippen molar-refractivity contribution in [2.24, 2.45) is 10.2 Å². The standard InChI is InChI=1S/C33H33N3O7S2/c1-3-4-5-6-8-22-11-15-25(16-12-22)34-26-17-13-24-19-31(44(2)42-41-43-44)32(33(37)29(24)20-26)36-35-30-10-7-9-23-14-18-27(21-28(23)30)45(38,39)40/h7,9-21,34,37H,3-6,8H2,1-2H3,(H,38,39,40). The summed E-state index contributed by atoms with van der Waals surface area (Å²) in [6.45, 7) is 2.21. The Bertz CT molecular complexity index is 2010. The summed E-state index contributed by atoms with van der Waals surface area (Å²) in [5.74, 6) is -0.135. The third-order valence-electron chi connectivity index (χ3n) is 7.72. The van der Waals surface area contributed by atoms with Crippen LogP contribution < -0.4 is 5.32 Å². The molecular weight excluding hydrogens is 615 g/mol. The van der Waals surface area contributed by atoms with Gasteiger partial charge in [-0.3, -0.25) is 4.55 Å². The summed E-state index contributed by atoms with van der Waals surface area (Å²) in [4.78, 5) is 0.190. The number of phenolic OH excluding ortho intramolecular Hbond substituents is 1. The van der Waals surface area contributed by atoms with Gasteiger partial charge in [-0.15, -0.1) is 10.2 Å². The van der Waals surface area contributed by atoms with Crippen molar-refractivity contribution in [3.63, 3.8) is 0 Å². The van der Waals surface area contributed by atoms with Crippen molar-refractivity contribution in [1.29, 1.82) is 0 Å². The molecule has 0 aromatic heterocycles. The van der Waals surface area contributed by atoms with E-state index in [2.05, 4.69) is 51.8 Å². The highest BCUT2D eigenvalue weighted by Gasteiger charge is 2.36. The van der Waals surface area contributed by atoms with E-state index in [0.717, 1.165) is 23.2 Å². The predicted molar refractivity (Wildman–Crippen MR) is 176 cm³/mol. The van der Waals surface area contributed by atoms with Crippen molar-refractivity contribution in [3.05, 3.63) is 90.5 Å². The minimum atomic E-state index is -4.43. The molecule has 45 heavy (non-hydrogen) atoms. The fraction of sp³-hybridized carbons (Fsp3) is 0.212. The molecule has 3 N–H and O–H groups in total. The molecule has 0 unspecified atom stereocenters. The highest BCUT2D eigenvalue weighted by Crippen LogP contribution is 2.66. The zero-order chi connectivity index (χ0) is 31.6. The highest BCUT2D eigenvalue weighted by molar-refractivity contribution is 8.25. The lowest BCUT2D eigenvalue weighted by molar-refractivity contribution is -0.470. The zero-order valence-electron chi connectivity index (χ0n) is 24.8. The number of fused-ring (bicyclic) bond motifs is 2. The molecule has 0 spiro atoms. The van der Waals surface area contributed by atoms with Gasteiger partial charge >= 0.3 is 0 Å². The molecule has 0 saturated carbocycles. The summed E-state index contributed by atoms with van der Waals surface area (Å²) in [6, 6.07) is 25.2. The molecule has 1 aliphatic heterocycles. The van der Waals surface area contributed by atoms with Crippen LogP contribution in [0.3, 0.4) is 0 Å². The number of phenols is 1. The van der Waals surface area contributed by atoms with Gasteiger partial charge in [-0.1, -0.05) is 81.8 Å². The second kappa shape index (κ2) is 12.8. The van der Waals surface area contributed by atoms with Crippen LogP contribution in [0.5, 0.6) is 5.75 Å². The Labute approximate surface area is 263 Å². The summed E-state index contributed by atoms with van der Waals surface area (Å²) in [5, 5.41) is 30.8. The van der Waals surface area contributed by atoms with Crippen LogP contribution in [0.1, 0.15) is 38.2 Å². The number of anilines is 2. The SMILES string of the molecule is CCCCCCc1ccc(Nc2ccc3cc(S4(C)OOO4)c(N=Nc4cccc5ccc(S(=O)(=O)O)cc45)c(O)c3c2)cc1. The van der Waals surface area contributed by atoms with Crippen LogP contribution in [0, 0.1) is 0 Å². The topological polar surface area (TPSA) is 139 Å². The first kappa shape index (κ1) is 31.0. The van der Waals surface area contributed by atoms with Crippen molar-refractivity contribution in [3.8, 4) is 5.75 Å². The van der Waals surface area contributed by atoms with Gasteiger partial charge in [0.15, 0.2) is 11.4 Å². The molecule has 1 fully saturated rings. The lowest BCUT2D eigenvalue weighted by Gasteiger charge is -2.41. The van der Waals surface area contributed by atoms with Crippen LogP contribution in [0.25, 0.3) is 21.5 Å². The van der Waals surface area contributed by atoms with Gasteiger partial charge in [0, 0.05) is 28.4 Å². The number of benzene rings is 5. The molecule has 12 heteroatoms. The molecule has 0 bridgehead atoms. The molecule has 1 saturated heterocycles. The first-order valence-electron chi connectivity index (χ1n) is 14.5. The number of aryl methyl sites for hydroxylation is 1. The number of hydrogen-bond donors (Lipinski definition) is 3. The smallest absolute Gasteiger partial charge is 0.294 e. The van der Waals surface area contributed by atoms with Gasteiger partial charge in [-0.25, -0.2) is 0 Å². The van der Waals surface area contributed by atoms with Crippen molar-refractivity contribution in [1.82, 2.24) is 0 Å². The largest absolute Gasteiger partial charge is 0.505 e. The van der Waals surface area contributed by atoms with Gasteiger partial charge in [-0.05, 0) is 82.7 Å². The normalized spacial score (nSPS) is 15.4. The average molecular weight is 648 g/mol. The average Bonchev–Trinajstić information content (AvgIpc) is 3.02. The first-order chi connectivity index (χ1) is 21.6. The first-order valence-corrected chi connectivity index (χ1v) is 17.9. The van der Waals surface area contributed by atoms with Gasteiger partial charge in [0.1, 0.15) is 0 Å². The quantitative estimate of drug-likeness (QED) is 0.0557. The van der Waals surface area contributed by atoms with Crippen LogP contribution in [0.2, 0.25) is 0 Å². The van der Waals surface area contributed by atoms with E-state index >= 15 is 0 Å². The molecule has 6 rings (SSSR count). The number of nitrogens with one attached hydrogen (secondary N) is 1. The lowest BCUT2D eigenvalue weighted by Crippen LogP contribution is -2.18. The molecule has 10 nitrogen and oxygen atoms in total. The molecular formula is C33H33N3O7S2. The number of rotatable bonds is 11. The Balaban J connectivity index is 1.35. The fourth-order valence-corrected chi connectivity index (χ4v) is 6.95. The minimum absolute atomic E-state index is 0.121. The summed E-state index contributed by atoms with van der Waals surface area (Å²) >= 11 is 0. The van der Waals surface area contributed by atoms with Gasteiger partial charge < -0.3 is 10.4 Å². The second-order valence-electron chi connectivity index (χ2n) is 11.0. The zero-order valence-corrected chi connectivity index (χ0v) is 26.4. The molecule has 234 valence electrons. The predicted octanol–water partition coefficient (Wildman–Crippen LogP) is 9.74. The molecule has 1 aliphatic rings. The molecule has 1 heterocycles. The van der Waals surface area contributed by atoms with Crippen molar-refractivity contribution >= 4 is 65.0 Å². The summed E-state index contributed by atoms with van der Waals surface area (Å²) in [7, 11) is -6.80. The number of azo groups is 1. The van der Waals surface area contributed by atoms with Crippen molar-refractivity contribution in [2.45, 2.75) is 48.8 Å². The van der Waals surface area contributed by atoms with Gasteiger partial charge in [0.2, 0.25) is 0 Å². The number of unbranched alkanes of at least 4 members (excludes halogenated alkanes) is 3. The van der Waals surface area contributed by atoms with Crippen LogP contribution in [-0.4, -0.2) is 24.3 Å². The van der Waals surface area contributed by atoms with E-state index in [0.29, 0.717) is 26.7 Å². The molecule has 0 atom stereocenters. The Morgan fingerprint density at radius 2 is 1.58 bits per heavy atom. The summed E-state index contributed by atoms with van der Waals surface area (Å²) in [5.41, 5.74) is 3.45. The Morgan fingerprint density at radius 1 is 0.822 bits per heavy atom. The Kier molecular flexibility index (Phi) is 8.78. The van der Waals surface area contributed by atoms with Gasteiger partial charge in [0.05, 0.1) is 15.5 Å². The third kappa shape index (κ3) is 6.66. The van der Waals surface area contributed by atoms with E-state index in [4.69, 9.17) is 8.67 Å². The second-order valence-corrected chi connectivity index (χ2v) is 14.6. The maximum atomic E-state index is 11.8. The maximum absolute atomic E-state index is 11.8. The molecule has 5 aromatic carbocycles. The molecule has 5 aromatic rings. The number of nitrogens with zero attached hydrogens (tertiary/aromatic N) is 2. The molecule has 0 amide bonds. The number of aromatic hydroxyl groups is 1. The maximum Gasteiger partial charge on any atom is 0.294 e. The molecule has 0 aliphatic carbocycles. The van der Waals surface area contributed by atoms with Crippen molar-refractivity contribution < 1.29 is 31.8 Å². The number of hydrogen-bond acceptors (Lipinski definition) is 9. The van der Waals surface area contributed by atoms with Crippen LogP contribution in [0.4, 0.5) is 22.7 Å². The summed E-state index contributed by atoms with van der Waals surface area (Å²) < 4.78 is 43.7. The van der Waals surface area contributed by atoms with Crippen LogP contribution in [0.15, 0.2) is 105 Å². The summed E-state index contributed by atoms with van der Waals surface area (Å²) in [6.07, 6.45) is 7.66. The van der Waals surface area contributed by atoms with E-state index in [-0.39, 0.29) is 16.3 Å². The van der Waals surface area contributed by atoms with E-state index in [1.807, 2.05) is 24.3 Å². The highest BCUT2D eigenvalue weighted by atomic mass is 32.3. The van der Waals surface area contributed by atoms with Crippen LogP contribution in [-0.2, 0) is 30.2 Å². The van der Waals surface area contributed by atoms with E-state index < -0.39 is 20.7 Å². The Hall–Kier alpha value is -4.04. The third-order valence-corrected chi connectivity index (χ3v) is 10.3. The minimum Gasteiger partial charge on any atom is -0.505 e. The fourth-order valence-electron chi connectivity index (χ4n) is 5.25. The van der Waals surface area contributed by atoms with E-state index in [1.54, 1.807) is 30.5 Å². The van der Waals surface area contributed by atoms with E-state index in [9.17, 15) is 18.1 Å². The Morgan fingerprint density at radius 3 is 2.29 bits per heavy atom. The van der Waals surface area contributed by atoms with E-state index in [1.165, 1.54) is 43.4 Å². The van der Waals surface area contributed by atoms with Crippen molar-refractivity contribution in [2.75, 3.05) is 11.6 Å². The monoisotopic (exact) mass is 647 g/mol. The van der Waals surface area contributed by atoms with Crippen LogP contribution >= 0.6 is 10.6 Å². The molecule has 0 radical (unpaired) electrons. The van der Waals surface area contributed by atoms with Gasteiger partial charge in [0.25, 0.3) is 10.1 Å².